The van der Waals surface area contributed by atoms with E-state index < -0.39 is 22.5 Å². The van der Waals surface area contributed by atoms with E-state index in [9.17, 15) is 23.7 Å². The number of unbranched alkanes of at least 4 members (excludes halogenated alkanes) is 3. The Bertz CT molecular complexity index is 1660. The van der Waals surface area contributed by atoms with Crippen molar-refractivity contribution in [2.24, 2.45) is 0 Å². The fourth-order valence-corrected chi connectivity index (χ4v) is 5.27. The van der Waals surface area contributed by atoms with Crippen molar-refractivity contribution in [3.63, 3.8) is 0 Å². The zero-order valence-corrected chi connectivity index (χ0v) is 27.0. The molecular weight excluding hydrogens is 606 g/mol. The highest BCUT2D eigenvalue weighted by Gasteiger charge is 2.20. The van der Waals surface area contributed by atoms with Gasteiger partial charge in [0.15, 0.2) is 6.61 Å². The molecule has 0 amide bonds. The molecule has 4 aromatic carbocycles. The Morgan fingerprint density at radius 2 is 1.62 bits per heavy atom. The fraction of sp³-hybridized carbons (Fsp3) is 0.324. The summed E-state index contributed by atoms with van der Waals surface area (Å²) in [6.07, 6.45) is 5.22. The third-order valence-corrected chi connectivity index (χ3v) is 7.71. The largest absolute Gasteiger partial charge is 0.481 e. The zero-order chi connectivity index (χ0) is 33.8. The van der Waals surface area contributed by atoms with E-state index in [2.05, 4.69) is 6.92 Å². The molecule has 0 N–H and O–H groups in total. The minimum Gasteiger partial charge on any atom is -0.481 e. The van der Waals surface area contributed by atoms with Crippen molar-refractivity contribution in [3.8, 4) is 17.2 Å². The SMILES string of the molecule is CCCCCCc1ccc(Oc2ccc(CN(Cc3ccc(F)cc3F)c3cccc([N+](=O)[O-])c3C)cc2)cc1OCC(=O)OCC. The number of aryl methyl sites for hydroxylation is 1. The Hall–Kier alpha value is -4.99. The van der Waals surface area contributed by atoms with E-state index in [-0.39, 0.29) is 37.6 Å². The summed E-state index contributed by atoms with van der Waals surface area (Å²) in [5, 5.41) is 11.6. The van der Waals surface area contributed by atoms with E-state index in [1.807, 2.05) is 29.2 Å². The predicted molar refractivity (Wildman–Crippen MR) is 177 cm³/mol. The van der Waals surface area contributed by atoms with E-state index in [0.717, 1.165) is 49.3 Å². The number of halogens is 2. The summed E-state index contributed by atoms with van der Waals surface area (Å²) in [6.45, 7) is 5.99. The smallest absolute Gasteiger partial charge is 0.344 e. The van der Waals surface area contributed by atoms with Crippen molar-refractivity contribution in [3.05, 3.63) is 123 Å². The van der Waals surface area contributed by atoms with Crippen molar-refractivity contribution in [1.29, 1.82) is 0 Å². The van der Waals surface area contributed by atoms with Crippen LogP contribution in [0.2, 0.25) is 0 Å². The van der Waals surface area contributed by atoms with E-state index in [0.29, 0.717) is 28.5 Å². The van der Waals surface area contributed by atoms with Gasteiger partial charge < -0.3 is 19.1 Å². The first-order chi connectivity index (χ1) is 22.7. The van der Waals surface area contributed by atoms with Crippen LogP contribution in [0.4, 0.5) is 20.2 Å². The normalized spacial score (nSPS) is 10.8. The first-order valence-corrected chi connectivity index (χ1v) is 15.8. The van der Waals surface area contributed by atoms with Crippen LogP contribution in [-0.4, -0.2) is 24.1 Å². The molecule has 10 heteroatoms. The van der Waals surface area contributed by atoms with Crippen LogP contribution in [0.25, 0.3) is 0 Å². The molecule has 0 fully saturated rings. The molecule has 0 spiro atoms. The van der Waals surface area contributed by atoms with Gasteiger partial charge in [0.2, 0.25) is 0 Å². The van der Waals surface area contributed by atoms with Crippen LogP contribution in [0, 0.1) is 28.7 Å². The maximum Gasteiger partial charge on any atom is 0.344 e. The summed E-state index contributed by atoms with van der Waals surface area (Å²) in [7, 11) is 0. The summed E-state index contributed by atoms with van der Waals surface area (Å²) in [5.41, 5.74) is 3.04. The number of nitro groups is 1. The maximum absolute atomic E-state index is 14.7. The van der Waals surface area contributed by atoms with Gasteiger partial charge in [0.25, 0.3) is 5.69 Å². The van der Waals surface area contributed by atoms with Crippen molar-refractivity contribution in [2.75, 3.05) is 18.1 Å². The predicted octanol–water partition coefficient (Wildman–Crippen LogP) is 9.25. The van der Waals surface area contributed by atoms with Gasteiger partial charge in [0.1, 0.15) is 28.9 Å². The van der Waals surface area contributed by atoms with E-state index in [1.54, 1.807) is 44.2 Å². The molecular formula is C37H40F2N2O6. The molecule has 248 valence electrons. The Kier molecular flexibility index (Phi) is 12.7. The molecule has 4 aromatic rings. The molecule has 47 heavy (non-hydrogen) atoms. The number of rotatable bonds is 17. The van der Waals surface area contributed by atoms with Gasteiger partial charge in [0, 0.05) is 42.5 Å². The summed E-state index contributed by atoms with van der Waals surface area (Å²) < 4.78 is 45.3. The highest BCUT2D eigenvalue weighted by molar-refractivity contribution is 5.71. The van der Waals surface area contributed by atoms with Crippen molar-refractivity contribution >= 4 is 17.3 Å². The lowest BCUT2D eigenvalue weighted by Gasteiger charge is -2.27. The summed E-state index contributed by atoms with van der Waals surface area (Å²) in [6, 6.07) is 21.0. The molecule has 0 aliphatic heterocycles. The van der Waals surface area contributed by atoms with Crippen molar-refractivity contribution in [1.82, 2.24) is 0 Å². The fourth-order valence-electron chi connectivity index (χ4n) is 5.27. The second kappa shape index (κ2) is 17.1. The average molecular weight is 647 g/mol. The van der Waals surface area contributed by atoms with E-state index in [4.69, 9.17) is 14.2 Å². The number of hydrogen-bond donors (Lipinski definition) is 0. The number of benzene rings is 4. The monoisotopic (exact) mass is 646 g/mol. The van der Waals surface area contributed by atoms with Gasteiger partial charge in [-0.15, -0.1) is 0 Å². The number of anilines is 1. The van der Waals surface area contributed by atoms with Gasteiger partial charge in [-0.3, -0.25) is 10.1 Å². The Morgan fingerprint density at radius 1 is 0.872 bits per heavy atom. The molecule has 0 aliphatic rings. The molecule has 0 heterocycles. The van der Waals surface area contributed by atoms with Gasteiger partial charge in [-0.25, -0.2) is 13.6 Å². The third kappa shape index (κ3) is 10.00. The molecule has 4 rings (SSSR count). The van der Waals surface area contributed by atoms with Crippen LogP contribution in [0.15, 0.2) is 78.9 Å². The topological polar surface area (TPSA) is 91.1 Å². The maximum atomic E-state index is 14.7. The minimum absolute atomic E-state index is 0.0478. The van der Waals surface area contributed by atoms with Crippen LogP contribution in [0.3, 0.4) is 0 Å². The van der Waals surface area contributed by atoms with Gasteiger partial charge in [-0.2, -0.15) is 0 Å². The van der Waals surface area contributed by atoms with Crippen molar-refractivity contribution < 1.29 is 32.7 Å². The molecule has 0 aliphatic carbocycles. The second-order valence-corrected chi connectivity index (χ2v) is 11.2. The standard InChI is InChI=1S/C37H40F2N2O6/c1-4-6-7-8-10-28-16-20-32(22-36(28)46-25-37(42)45-5-2)47-31-18-13-27(14-19-31)23-40(24-29-15-17-30(38)21-33(29)39)34-11-9-12-35(26(34)3)41(43)44/h9,11-22H,4-8,10,23-25H2,1-3H3. The third-order valence-electron chi connectivity index (χ3n) is 7.71. The molecule has 0 aromatic heterocycles. The van der Waals surface area contributed by atoms with Crippen LogP contribution < -0.4 is 14.4 Å². The Morgan fingerprint density at radius 3 is 2.32 bits per heavy atom. The summed E-state index contributed by atoms with van der Waals surface area (Å²) >= 11 is 0. The number of ether oxygens (including phenoxy) is 3. The van der Waals surface area contributed by atoms with Crippen LogP contribution in [0.1, 0.15) is 61.8 Å². The lowest BCUT2D eigenvalue weighted by atomic mass is 10.0. The minimum atomic E-state index is -0.695. The number of nitro benzene ring substituents is 1. The first-order valence-electron chi connectivity index (χ1n) is 15.8. The van der Waals surface area contributed by atoms with Gasteiger partial charge in [0.05, 0.1) is 17.1 Å². The van der Waals surface area contributed by atoms with Gasteiger partial charge in [-0.1, -0.05) is 56.5 Å². The molecule has 0 atom stereocenters. The lowest BCUT2D eigenvalue weighted by molar-refractivity contribution is -0.385. The first kappa shape index (κ1) is 34.9. The Labute approximate surface area is 274 Å². The second-order valence-electron chi connectivity index (χ2n) is 11.2. The summed E-state index contributed by atoms with van der Waals surface area (Å²) in [4.78, 5) is 25.0. The average Bonchev–Trinajstić information content (AvgIpc) is 3.04. The van der Waals surface area contributed by atoms with Gasteiger partial charge in [-0.05, 0) is 68.1 Å². The molecule has 0 bridgehead atoms. The number of carbonyl (C=O) groups excluding carboxylic acids is 1. The lowest BCUT2D eigenvalue weighted by Crippen LogP contribution is -2.24. The van der Waals surface area contributed by atoms with E-state index >= 15 is 0 Å². The molecule has 0 saturated heterocycles. The van der Waals surface area contributed by atoms with Crippen molar-refractivity contribution in [2.45, 2.75) is 66.0 Å². The number of esters is 1. The van der Waals surface area contributed by atoms with E-state index in [1.165, 1.54) is 18.2 Å². The zero-order valence-electron chi connectivity index (χ0n) is 27.0. The number of hydrogen-bond acceptors (Lipinski definition) is 7. The van der Waals surface area contributed by atoms with Crippen LogP contribution in [-0.2, 0) is 29.0 Å². The number of carbonyl (C=O) groups is 1. The Balaban J connectivity index is 1.53. The summed E-state index contributed by atoms with van der Waals surface area (Å²) in [5.74, 6) is -0.154. The van der Waals surface area contributed by atoms with Crippen LogP contribution in [0.5, 0.6) is 17.2 Å². The van der Waals surface area contributed by atoms with Crippen LogP contribution >= 0.6 is 0 Å². The highest BCUT2D eigenvalue weighted by Crippen LogP contribution is 2.33. The molecule has 8 nitrogen and oxygen atoms in total. The quantitative estimate of drug-likeness (QED) is 0.0489. The molecule has 0 radical (unpaired) electrons. The van der Waals surface area contributed by atoms with Gasteiger partial charge >= 0.3 is 5.97 Å². The molecule has 0 unspecified atom stereocenters. The molecule has 0 saturated carbocycles. The highest BCUT2D eigenvalue weighted by atomic mass is 19.1. The number of nitrogens with zero attached hydrogens (tertiary/aromatic N) is 2.